The average Bonchev–Trinajstić information content (AvgIpc) is 2.06. The Morgan fingerprint density at radius 3 is 2.50 bits per heavy atom. The summed E-state index contributed by atoms with van der Waals surface area (Å²) in [4.78, 5) is 18.1. The van der Waals surface area contributed by atoms with Crippen molar-refractivity contribution in [2.24, 2.45) is 0 Å². The number of ether oxygens (including phenoxy) is 1. The molecule has 76 valence electrons. The van der Waals surface area contributed by atoms with Crippen molar-refractivity contribution < 1.29 is 14.6 Å². The van der Waals surface area contributed by atoms with E-state index >= 15 is 0 Å². The third-order valence-electron chi connectivity index (χ3n) is 1.38. The molecule has 0 aliphatic rings. The fourth-order valence-electron chi connectivity index (χ4n) is 0.881. The minimum atomic E-state index is -0.897. The minimum Gasteiger partial charge on any atom is -0.481 e. The molecule has 1 N–H and O–H groups in total. The van der Waals surface area contributed by atoms with Gasteiger partial charge in [-0.1, -0.05) is 0 Å². The highest BCUT2D eigenvalue weighted by Gasteiger charge is 2.03. The molecular formula is C9H12N2O3. The van der Waals surface area contributed by atoms with Crippen LogP contribution in [0, 0.1) is 0 Å². The van der Waals surface area contributed by atoms with Crippen molar-refractivity contribution in [2.75, 3.05) is 0 Å². The van der Waals surface area contributed by atoms with Gasteiger partial charge in [-0.2, -0.15) is 0 Å². The van der Waals surface area contributed by atoms with Crippen molar-refractivity contribution in [1.82, 2.24) is 9.97 Å². The second kappa shape index (κ2) is 4.55. The van der Waals surface area contributed by atoms with E-state index in [4.69, 9.17) is 9.84 Å². The quantitative estimate of drug-likeness (QED) is 0.774. The molecule has 0 spiro atoms. The van der Waals surface area contributed by atoms with Crippen molar-refractivity contribution in [1.29, 1.82) is 0 Å². The summed E-state index contributed by atoms with van der Waals surface area (Å²) >= 11 is 0. The fraction of sp³-hybridized carbons (Fsp3) is 0.444. The van der Waals surface area contributed by atoms with E-state index < -0.39 is 5.97 Å². The highest BCUT2D eigenvalue weighted by atomic mass is 16.5. The Balaban J connectivity index is 2.63. The maximum atomic E-state index is 10.3. The minimum absolute atomic E-state index is 0.0142. The van der Waals surface area contributed by atoms with Crippen LogP contribution in [0.15, 0.2) is 12.4 Å². The molecule has 0 bridgehead atoms. The Bertz CT molecular complexity index is 308. The van der Waals surface area contributed by atoms with Crippen LogP contribution in [0.5, 0.6) is 6.01 Å². The van der Waals surface area contributed by atoms with Gasteiger partial charge in [0.25, 0.3) is 0 Å². The highest BCUT2D eigenvalue weighted by Crippen LogP contribution is 2.05. The van der Waals surface area contributed by atoms with Crippen molar-refractivity contribution in [3.8, 4) is 6.01 Å². The number of aliphatic carboxylic acids is 1. The third-order valence-corrected chi connectivity index (χ3v) is 1.38. The molecule has 1 rings (SSSR count). The van der Waals surface area contributed by atoms with Crippen LogP contribution in [0.25, 0.3) is 0 Å². The van der Waals surface area contributed by atoms with Crippen LogP contribution in [0.4, 0.5) is 0 Å². The first-order chi connectivity index (χ1) is 6.58. The lowest BCUT2D eigenvalue weighted by Crippen LogP contribution is -2.09. The molecule has 0 fully saturated rings. The summed E-state index contributed by atoms with van der Waals surface area (Å²) in [6, 6.07) is 0.272. The summed E-state index contributed by atoms with van der Waals surface area (Å²) in [6.07, 6.45) is 2.86. The summed E-state index contributed by atoms with van der Waals surface area (Å²) in [6.45, 7) is 3.74. The van der Waals surface area contributed by atoms with Crippen LogP contribution in [-0.2, 0) is 11.2 Å². The summed E-state index contributed by atoms with van der Waals surface area (Å²) in [5.41, 5.74) is 0.564. The molecule has 0 unspecified atom stereocenters. The summed E-state index contributed by atoms with van der Waals surface area (Å²) in [5.74, 6) is -0.897. The smallest absolute Gasteiger partial charge is 0.316 e. The molecule has 5 heteroatoms. The first-order valence-electron chi connectivity index (χ1n) is 4.27. The van der Waals surface area contributed by atoms with Gasteiger partial charge in [-0.05, 0) is 13.8 Å². The van der Waals surface area contributed by atoms with Gasteiger partial charge < -0.3 is 9.84 Å². The molecule has 1 aromatic heterocycles. The Kier molecular flexibility index (Phi) is 3.39. The SMILES string of the molecule is CC(C)Oc1ncc(CC(=O)O)cn1. The molecule has 5 nitrogen and oxygen atoms in total. The number of hydrogen-bond acceptors (Lipinski definition) is 4. The largest absolute Gasteiger partial charge is 0.481 e. The third kappa shape index (κ3) is 3.38. The first-order valence-corrected chi connectivity index (χ1v) is 4.27. The van der Waals surface area contributed by atoms with Gasteiger partial charge >= 0.3 is 12.0 Å². The summed E-state index contributed by atoms with van der Waals surface area (Å²) < 4.78 is 5.20. The lowest BCUT2D eigenvalue weighted by molar-refractivity contribution is -0.136. The molecular weight excluding hydrogens is 184 g/mol. The fourth-order valence-corrected chi connectivity index (χ4v) is 0.881. The van der Waals surface area contributed by atoms with Crippen molar-refractivity contribution in [3.05, 3.63) is 18.0 Å². The van der Waals surface area contributed by atoms with Crippen molar-refractivity contribution in [3.63, 3.8) is 0 Å². The number of carbonyl (C=O) groups is 1. The van der Waals surface area contributed by atoms with E-state index in [9.17, 15) is 4.79 Å². The van der Waals surface area contributed by atoms with Crippen LogP contribution in [0.2, 0.25) is 0 Å². The topological polar surface area (TPSA) is 72.3 Å². The monoisotopic (exact) mass is 196 g/mol. The van der Waals surface area contributed by atoms with Gasteiger partial charge in [-0.3, -0.25) is 4.79 Å². The lowest BCUT2D eigenvalue weighted by atomic mass is 10.2. The van der Waals surface area contributed by atoms with Gasteiger partial charge in [0.15, 0.2) is 0 Å². The maximum absolute atomic E-state index is 10.3. The molecule has 14 heavy (non-hydrogen) atoms. The average molecular weight is 196 g/mol. The van der Waals surface area contributed by atoms with Crippen molar-refractivity contribution >= 4 is 5.97 Å². The summed E-state index contributed by atoms with van der Waals surface area (Å²) in [7, 11) is 0. The zero-order valence-electron chi connectivity index (χ0n) is 8.10. The Hall–Kier alpha value is -1.65. The van der Waals surface area contributed by atoms with E-state index in [0.29, 0.717) is 5.56 Å². The Labute approximate surface area is 81.8 Å². The van der Waals surface area contributed by atoms with E-state index in [-0.39, 0.29) is 18.5 Å². The molecule has 0 radical (unpaired) electrons. The number of carboxylic acid groups (broad SMARTS) is 1. The van der Waals surface area contributed by atoms with E-state index in [1.807, 2.05) is 13.8 Å². The molecule has 0 saturated carbocycles. The molecule has 0 aromatic carbocycles. The molecule has 1 aromatic rings. The Morgan fingerprint density at radius 2 is 2.07 bits per heavy atom. The molecule has 1 heterocycles. The number of hydrogen-bond donors (Lipinski definition) is 1. The standard InChI is InChI=1S/C9H12N2O3/c1-6(2)14-9-10-4-7(5-11-9)3-8(12)13/h4-6H,3H2,1-2H3,(H,12,13). The van der Waals surface area contributed by atoms with Crippen LogP contribution in [0.1, 0.15) is 19.4 Å². The lowest BCUT2D eigenvalue weighted by Gasteiger charge is -2.06. The van der Waals surface area contributed by atoms with Gasteiger partial charge in [0.1, 0.15) is 0 Å². The van der Waals surface area contributed by atoms with Gasteiger partial charge in [0.05, 0.1) is 12.5 Å². The van der Waals surface area contributed by atoms with Crippen LogP contribution in [0.3, 0.4) is 0 Å². The van der Waals surface area contributed by atoms with Crippen molar-refractivity contribution in [2.45, 2.75) is 26.4 Å². The Morgan fingerprint density at radius 1 is 1.50 bits per heavy atom. The number of carboxylic acids is 1. The van der Waals surface area contributed by atoms with Gasteiger partial charge in [0, 0.05) is 18.0 Å². The summed E-state index contributed by atoms with van der Waals surface area (Å²) in [5, 5.41) is 8.49. The highest BCUT2D eigenvalue weighted by molar-refractivity contribution is 5.69. The van der Waals surface area contributed by atoms with Gasteiger partial charge in [0.2, 0.25) is 0 Å². The predicted molar refractivity (Wildman–Crippen MR) is 49.1 cm³/mol. The van der Waals surface area contributed by atoms with E-state index in [1.165, 1.54) is 12.4 Å². The van der Waals surface area contributed by atoms with Gasteiger partial charge in [-0.15, -0.1) is 0 Å². The molecule has 0 amide bonds. The number of aromatic nitrogens is 2. The zero-order chi connectivity index (χ0) is 10.6. The predicted octanol–water partition coefficient (Wildman–Crippen LogP) is 0.891. The van der Waals surface area contributed by atoms with E-state index in [2.05, 4.69) is 9.97 Å². The first kappa shape index (κ1) is 10.4. The van der Waals surface area contributed by atoms with Crippen LogP contribution < -0.4 is 4.74 Å². The second-order valence-corrected chi connectivity index (χ2v) is 3.11. The molecule has 0 aliphatic carbocycles. The molecule has 0 atom stereocenters. The maximum Gasteiger partial charge on any atom is 0.316 e. The number of nitrogens with zero attached hydrogens (tertiary/aromatic N) is 2. The van der Waals surface area contributed by atoms with Gasteiger partial charge in [-0.25, -0.2) is 9.97 Å². The zero-order valence-corrected chi connectivity index (χ0v) is 8.10. The van der Waals surface area contributed by atoms with Crippen LogP contribution in [-0.4, -0.2) is 27.1 Å². The van der Waals surface area contributed by atoms with E-state index in [0.717, 1.165) is 0 Å². The number of rotatable bonds is 4. The molecule has 0 aliphatic heterocycles. The second-order valence-electron chi connectivity index (χ2n) is 3.11. The molecule has 0 saturated heterocycles. The normalized spacial score (nSPS) is 10.2. The van der Waals surface area contributed by atoms with Crippen LogP contribution >= 0.6 is 0 Å². The van der Waals surface area contributed by atoms with E-state index in [1.54, 1.807) is 0 Å².